The number of carbonyl (C=O) groups is 2. The number of allylic oxidation sites excluding steroid dienone is 8. The normalized spacial score (nSPS) is 30.1. The number of aliphatic hydroxyl groups is 5. The maximum absolute atomic E-state index is 13.4. The van der Waals surface area contributed by atoms with Crippen LogP contribution in [-0.2, 0) is 46.3 Å². The monoisotopic (exact) mass is 1100 g/mol. The maximum Gasteiger partial charge on any atom is 0.481 e. The number of hydrogen-bond donors (Lipinski definition) is 8. The summed E-state index contributed by atoms with van der Waals surface area (Å²) in [5, 5.41) is 57.5. The molecular weight excluding hydrogens is 1020 g/mol. The number of cyclic esters (lactones) is 1. The van der Waals surface area contributed by atoms with Crippen molar-refractivity contribution in [3.8, 4) is 0 Å². The second-order valence-corrected chi connectivity index (χ2v) is 22.0. The van der Waals surface area contributed by atoms with Gasteiger partial charge in [0.15, 0.2) is 6.10 Å². The molecule has 1 aromatic heterocycles. The molecule has 12 atom stereocenters. The number of nitrogen functional groups attached to an aromatic ring is 1. The van der Waals surface area contributed by atoms with Crippen molar-refractivity contribution < 1.29 is 81.6 Å². The van der Waals surface area contributed by atoms with Crippen molar-refractivity contribution in [1.82, 2.24) is 9.55 Å². The summed E-state index contributed by atoms with van der Waals surface area (Å²) in [6.45, 7) is 1.46. The van der Waals surface area contributed by atoms with Crippen LogP contribution in [0.3, 0.4) is 0 Å². The first-order valence-corrected chi connectivity index (χ1v) is 29.5. The second-order valence-electron chi connectivity index (χ2n) is 19.0. The van der Waals surface area contributed by atoms with Gasteiger partial charge in [-0.1, -0.05) is 126 Å². The van der Waals surface area contributed by atoms with Gasteiger partial charge in [-0.05, 0) is 70.3 Å². The number of ether oxygens (including phenoxy) is 3. The molecule has 1 aromatic rings. The number of unbranched alkanes of at least 4 members (excludes halogenated alkanes) is 6. The van der Waals surface area contributed by atoms with Gasteiger partial charge in [-0.2, -0.15) is 9.29 Å². The Balaban J connectivity index is 1.75. The van der Waals surface area contributed by atoms with Gasteiger partial charge in [0.05, 0.1) is 37.6 Å². The van der Waals surface area contributed by atoms with Gasteiger partial charge < -0.3 is 55.3 Å². The lowest BCUT2D eigenvalue weighted by Gasteiger charge is -2.41. The predicted molar refractivity (Wildman–Crippen MR) is 281 cm³/mol. The fourth-order valence-electron chi connectivity index (χ4n) is 8.44. The van der Waals surface area contributed by atoms with Gasteiger partial charge in [0.1, 0.15) is 30.9 Å². The molecule has 3 heterocycles. The number of esters is 2. The van der Waals surface area contributed by atoms with E-state index in [1.807, 2.05) is 19.1 Å². The molecule has 2 bridgehead atoms. The molecule has 0 radical (unpaired) electrons. The predicted octanol–water partition coefficient (Wildman–Crippen LogP) is 7.49. The minimum absolute atomic E-state index is 0.00897. The molecule has 9 N–H and O–H groups in total. The zero-order chi connectivity index (χ0) is 55.1. The van der Waals surface area contributed by atoms with Gasteiger partial charge in [-0.3, -0.25) is 23.2 Å². The van der Waals surface area contributed by atoms with Crippen molar-refractivity contribution in [2.24, 2.45) is 11.8 Å². The highest BCUT2D eigenvalue weighted by atomic mass is 31.3. The van der Waals surface area contributed by atoms with Crippen LogP contribution in [0, 0.1) is 11.8 Å². The maximum atomic E-state index is 13.4. The van der Waals surface area contributed by atoms with Gasteiger partial charge in [0.25, 0.3) is 0 Å². The van der Waals surface area contributed by atoms with Gasteiger partial charge in [-0.25, -0.2) is 13.9 Å². The lowest BCUT2D eigenvalue weighted by molar-refractivity contribution is -0.195. The zero-order valence-corrected chi connectivity index (χ0v) is 45.4. The van der Waals surface area contributed by atoms with E-state index in [2.05, 4.69) is 52.7 Å². The summed E-state index contributed by atoms with van der Waals surface area (Å²) in [4.78, 5) is 64.2. The number of anilines is 1. The number of carbonyl (C=O) groups excluding carboxylic acids is 2. The van der Waals surface area contributed by atoms with Crippen LogP contribution in [0.25, 0.3) is 0 Å². The zero-order valence-electron chi connectivity index (χ0n) is 43.7. The molecule has 23 heteroatoms. The number of nitrogens with zero attached hydrogens (tertiary/aromatic N) is 2. The molecular formula is C52H85N3O18P2. The van der Waals surface area contributed by atoms with E-state index in [1.54, 1.807) is 0 Å². The summed E-state index contributed by atoms with van der Waals surface area (Å²) in [6.07, 6.45) is 19.7. The van der Waals surface area contributed by atoms with Crippen LogP contribution in [0.4, 0.5) is 5.82 Å². The van der Waals surface area contributed by atoms with Crippen LogP contribution in [0.15, 0.2) is 77.8 Å². The Kier molecular flexibility index (Phi) is 31.9. The van der Waals surface area contributed by atoms with Crippen molar-refractivity contribution in [3.63, 3.8) is 0 Å². The fraction of sp³-hybridized carbons (Fsp3) is 0.692. The molecule has 2 saturated heterocycles. The van der Waals surface area contributed by atoms with Gasteiger partial charge >= 0.3 is 33.3 Å². The van der Waals surface area contributed by atoms with Crippen molar-refractivity contribution in [3.05, 3.63) is 83.5 Å². The van der Waals surface area contributed by atoms with E-state index in [9.17, 15) is 58.8 Å². The summed E-state index contributed by atoms with van der Waals surface area (Å²) >= 11 is 0. The molecule has 21 nitrogen and oxygen atoms in total. The third-order valence-corrected chi connectivity index (χ3v) is 15.3. The molecule has 0 saturated carbocycles. The summed E-state index contributed by atoms with van der Waals surface area (Å²) in [6, 6.07) is 1.26. The Morgan fingerprint density at radius 2 is 1.44 bits per heavy atom. The van der Waals surface area contributed by atoms with E-state index in [1.165, 1.54) is 43.7 Å². The number of phosphoric ester groups is 2. The number of fused-ring (bicyclic) bond motifs is 3. The lowest BCUT2D eigenvalue weighted by atomic mass is 9.82. The molecule has 0 aliphatic carbocycles. The minimum Gasteiger partial charge on any atom is -0.462 e. The smallest absolute Gasteiger partial charge is 0.462 e. The Hall–Kier alpha value is -3.66. The number of aromatic nitrogens is 2. The quantitative estimate of drug-likeness (QED) is 0.0228. The van der Waals surface area contributed by atoms with Crippen LogP contribution in [0.2, 0.25) is 0 Å². The average Bonchev–Trinajstić information content (AvgIpc) is 3.35. The van der Waals surface area contributed by atoms with Crippen molar-refractivity contribution in [2.75, 3.05) is 25.6 Å². The number of rotatable bonds is 23. The Morgan fingerprint density at radius 1 is 0.827 bits per heavy atom. The molecule has 0 spiro atoms. The topological polar surface area (TPSA) is 326 Å². The highest BCUT2D eigenvalue weighted by Crippen LogP contribution is 2.60. The summed E-state index contributed by atoms with van der Waals surface area (Å²) in [7, 11) is -11.3. The molecule has 0 amide bonds. The van der Waals surface area contributed by atoms with Crippen LogP contribution in [0.1, 0.15) is 155 Å². The average molecular weight is 1100 g/mol. The summed E-state index contributed by atoms with van der Waals surface area (Å²) in [5.74, 6) is -4.06. The molecule has 2 fully saturated rings. The highest BCUT2D eigenvalue weighted by Gasteiger charge is 2.45. The van der Waals surface area contributed by atoms with Gasteiger partial charge in [0.2, 0.25) is 0 Å². The standard InChI is InChI=1S/C52H85N3O18P2/c1-3-5-7-8-9-10-11-12-13-14-15-16-17-18-19-20-25-29-47(59)68-36-40-37-69-74(64,65)73-75(66,67)70-38-45-50(62)49(61)41(32-31-39(56)27-23-6-4-2)43(57)35-44(58)42(28-24-21-22-26-30-48(60)71-40)51(72-45)55-34-33-46(53)54-52(55)63/h9-10,12-13,15-16,18-19,31-34,39-45,49-51,56-58,61-62H,3-8,11,14,17,20-30,35-38H2,1-2H3,(H,64,65)(H,66,67)(H2,53,54,63)/b10-9-,13-12-,16-15-,19-18-,32-31-/t39-,40+,41-,42-,43+,44-,45+,49-,50+,51+/m0/s1. The SMILES string of the molecule is CCCCC/C=C\C/C=C\C/C=C\C/C=C\CCCC(=O)OC[C@@H]1COP(=O)(O)OP(=O)(O)OC[C@H]2O[C@@H](n3ccc(N)nc3=O)[C@@H](CCCCCCC(=O)O1)[C@@H](O)C[C@@H](O)[C@H](/C=C\[C@@H](O)CCCCC)[C@H](O)[C@@H]2O. The Morgan fingerprint density at radius 3 is 2.09 bits per heavy atom. The number of aliphatic hydroxyl groups excluding tert-OH is 5. The van der Waals surface area contributed by atoms with Crippen LogP contribution in [-0.4, -0.2) is 119 Å². The first-order valence-electron chi connectivity index (χ1n) is 26.6. The Labute approximate surface area is 441 Å². The van der Waals surface area contributed by atoms with Crippen molar-refractivity contribution >= 4 is 33.4 Å². The number of phosphoric acid groups is 2. The van der Waals surface area contributed by atoms with E-state index in [0.717, 1.165) is 43.1 Å². The van der Waals surface area contributed by atoms with Crippen LogP contribution < -0.4 is 11.4 Å². The first kappa shape index (κ1) is 65.6. The van der Waals surface area contributed by atoms with E-state index in [4.69, 9.17) is 29.0 Å². The molecule has 2 aliphatic heterocycles. The van der Waals surface area contributed by atoms with E-state index in [0.29, 0.717) is 44.9 Å². The molecule has 3 rings (SSSR count). The van der Waals surface area contributed by atoms with E-state index >= 15 is 0 Å². The van der Waals surface area contributed by atoms with Gasteiger partial charge in [0, 0.05) is 37.3 Å². The highest BCUT2D eigenvalue weighted by molar-refractivity contribution is 7.61. The first-order chi connectivity index (χ1) is 35.9. The largest absolute Gasteiger partial charge is 0.481 e. The molecule has 0 aromatic carbocycles. The third kappa shape index (κ3) is 27.0. The molecule has 426 valence electrons. The number of nitrogens with two attached hydrogens (primary N) is 1. The van der Waals surface area contributed by atoms with Crippen molar-refractivity contribution in [2.45, 2.75) is 198 Å². The van der Waals surface area contributed by atoms with Crippen molar-refractivity contribution in [1.29, 1.82) is 0 Å². The van der Waals surface area contributed by atoms with Gasteiger partial charge in [-0.15, -0.1) is 0 Å². The third-order valence-electron chi connectivity index (χ3n) is 12.6. The molecule has 2 unspecified atom stereocenters. The summed E-state index contributed by atoms with van der Waals surface area (Å²) < 4.78 is 59.1. The minimum atomic E-state index is -5.70. The second kappa shape index (κ2) is 36.4. The molecule has 75 heavy (non-hydrogen) atoms. The lowest BCUT2D eigenvalue weighted by Crippen LogP contribution is -2.52. The summed E-state index contributed by atoms with van der Waals surface area (Å²) in [5.41, 5.74) is 4.81. The molecule has 2 aliphatic rings. The Bertz CT molecular complexity index is 2120. The van der Waals surface area contributed by atoms with Crippen LogP contribution >= 0.6 is 15.6 Å². The number of hydrogen-bond acceptors (Lipinski definition) is 18. The van der Waals surface area contributed by atoms with E-state index in [-0.39, 0.29) is 31.5 Å². The van der Waals surface area contributed by atoms with E-state index < -0.39 is 120 Å². The van der Waals surface area contributed by atoms with Crippen LogP contribution in [0.5, 0.6) is 0 Å². The fourth-order valence-corrected chi connectivity index (χ4v) is 10.5.